The Hall–Kier alpha value is -1.26. The van der Waals surface area contributed by atoms with Gasteiger partial charge >= 0.3 is 6.09 Å². The smallest absolute Gasteiger partial charge is 0.408 e. The Morgan fingerprint density at radius 1 is 1.03 bits per heavy atom. The number of nitrogens with zero attached hydrogens (tertiary/aromatic N) is 1. The lowest BCUT2D eigenvalue weighted by molar-refractivity contribution is -0.121. The zero-order valence-electron chi connectivity index (χ0n) is 18.8. The molecular formula is C20H40IN5O3. The molecule has 0 aromatic heterocycles. The number of carbonyl (C=O) groups excluding carboxylic acids is 2. The van der Waals surface area contributed by atoms with Crippen LogP contribution < -0.4 is 21.3 Å². The van der Waals surface area contributed by atoms with Gasteiger partial charge in [0.05, 0.1) is 5.54 Å². The third-order valence-corrected chi connectivity index (χ3v) is 4.38. The minimum atomic E-state index is -0.538. The first-order valence-corrected chi connectivity index (χ1v) is 10.3. The monoisotopic (exact) mass is 525 g/mol. The van der Waals surface area contributed by atoms with Crippen molar-refractivity contribution < 1.29 is 14.3 Å². The van der Waals surface area contributed by atoms with Gasteiger partial charge in [0.25, 0.3) is 0 Å². The van der Waals surface area contributed by atoms with Crippen molar-refractivity contribution in [3.05, 3.63) is 0 Å². The summed E-state index contributed by atoms with van der Waals surface area (Å²) >= 11 is 0. The number of carbonyl (C=O) groups is 2. The molecule has 4 N–H and O–H groups in total. The normalized spacial score (nSPS) is 15.7. The maximum absolute atomic E-state index is 12.1. The number of rotatable bonds is 7. The van der Waals surface area contributed by atoms with Gasteiger partial charge in [0.15, 0.2) is 5.96 Å². The summed E-state index contributed by atoms with van der Waals surface area (Å²) in [7, 11) is 1.67. The summed E-state index contributed by atoms with van der Waals surface area (Å²) in [6.07, 6.45) is 5.79. The van der Waals surface area contributed by atoms with Crippen LogP contribution in [0.4, 0.5) is 4.79 Å². The van der Waals surface area contributed by atoms with Crippen LogP contribution in [0.3, 0.4) is 0 Å². The lowest BCUT2D eigenvalue weighted by Gasteiger charge is -2.29. The van der Waals surface area contributed by atoms with Crippen molar-refractivity contribution in [2.75, 3.05) is 20.1 Å². The third-order valence-electron chi connectivity index (χ3n) is 4.38. The fraction of sp³-hybridized carbons (Fsp3) is 0.850. The van der Waals surface area contributed by atoms with Crippen LogP contribution in [0.25, 0.3) is 0 Å². The van der Waals surface area contributed by atoms with E-state index in [0.717, 1.165) is 12.8 Å². The molecule has 0 bridgehead atoms. The summed E-state index contributed by atoms with van der Waals surface area (Å²) in [6, 6.07) is 0.332. The molecule has 1 aliphatic carbocycles. The minimum absolute atomic E-state index is 0. The van der Waals surface area contributed by atoms with Crippen LogP contribution in [-0.2, 0) is 9.53 Å². The minimum Gasteiger partial charge on any atom is -0.444 e. The molecule has 170 valence electrons. The van der Waals surface area contributed by atoms with Gasteiger partial charge in [-0.2, -0.15) is 0 Å². The van der Waals surface area contributed by atoms with Crippen LogP contribution >= 0.6 is 24.0 Å². The Morgan fingerprint density at radius 2 is 1.66 bits per heavy atom. The van der Waals surface area contributed by atoms with Crippen molar-refractivity contribution in [3.8, 4) is 0 Å². The molecule has 0 radical (unpaired) electrons. The summed E-state index contributed by atoms with van der Waals surface area (Å²) in [5, 5.41) is 12.3. The molecule has 0 saturated heterocycles. The summed E-state index contributed by atoms with van der Waals surface area (Å²) in [5.74, 6) is 0.659. The first-order chi connectivity index (χ1) is 13.0. The largest absolute Gasteiger partial charge is 0.444 e. The summed E-state index contributed by atoms with van der Waals surface area (Å²) < 4.78 is 5.29. The second kappa shape index (κ2) is 13.1. The SMILES string of the molecule is CN=C(NCCC(=O)NC1CCCCC1)NCC(C)(C)NC(=O)OC(C)(C)C.I. The number of amides is 2. The Bertz CT molecular complexity index is 541. The van der Waals surface area contributed by atoms with E-state index < -0.39 is 17.2 Å². The number of hydrogen-bond donors (Lipinski definition) is 4. The van der Waals surface area contributed by atoms with Crippen LogP contribution in [-0.4, -0.2) is 55.3 Å². The fourth-order valence-electron chi connectivity index (χ4n) is 2.99. The molecule has 0 aliphatic heterocycles. The number of halogens is 1. The number of alkyl carbamates (subject to hydrolysis) is 1. The van der Waals surface area contributed by atoms with Gasteiger partial charge < -0.3 is 26.0 Å². The lowest BCUT2D eigenvalue weighted by atomic mass is 9.95. The molecule has 0 atom stereocenters. The van der Waals surface area contributed by atoms with Gasteiger partial charge in [-0.1, -0.05) is 19.3 Å². The van der Waals surface area contributed by atoms with E-state index in [1.807, 2.05) is 34.6 Å². The maximum atomic E-state index is 12.1. The van der Waals surface area contributed by atoms with Gasteiger partial charge in [-0.3, -0.25) is 9.79 Å². The van der Waals surface area contributed by atoms with Crippen LogP contribution in [0.2, 0.25) is 0 Å². The molecule has 8 nitrogen and oxygen atoms in total. The Labute approximate surface area is 192 Å². The van der Waals surface area contributed by atoms with E-state index in [2.05, 4.69) is 26.3 Å². The highest BCUT2D eigenvalue weighted by Crippen LogP contribution is 2.17. The predicted octanol–water partition coefficient (Wildman–Crippen LogP) is 2.91. The van der Waals surface area contributed by atoms with Crippen molar-refractivity contribution in [2.24, 2.45) is 4.99 Å². The van der Waals surface area contributed by atoms with E-state index in [1.165, 1.54) is 19.3 Å². The van der Waals surface area contributed by atoms with Gasteiger partial charge in [0.1, 0.15) is 5.60 Å². The van der Waals surface area contributed by atoms with Crippen LogP contribution in [0.5, 0.6) is 0 Å². The summed E-state index contributed by atoms with van der Waals surface area (Å²) in [4.78, 5) is 28.2. The van der Waals surface area contributed by atoms with Crippen molar-refractivity contribution in [1.82, 2.24) is 21.3 Å². The molecule has 0 heterocycles. The Balaban J connectivity index is 0.00000784. The first-order valence-electron chi connectivity index (χ1n) is 10.3. The number of guanidine groups is 1. The van der Waals surface area contributed by atoms with Crippen molar-refractivity contribution in [3.63, 3.8) is 0 Å². The number of ether oxygens (including phenoxy) is 1. The van der Waals surface area contributed by atoms with E-state index in [1.54, 1.807) is 7.05 Å². The van der Waals surface area contributed by atoms with E-state index in [9.17, 15) is 9.59 Å². The Kier molecular flexibility index (Phi) is 12.6. The quantitative estimate of drug-likeness (QED) is 0.233. The van der Waals surface area contributed by atoms with E-state index in [-0.39, 0.29) is 29.9 Å². The second-order valence-electron chi connectivity index (χ2n) is 9.02. The molecule has 0 unspecified atom stereocenters. The highest BCUT2D eigenvalue weighted by atomic mass is 127. The third kappa shape index (κ3) is 13.6. The average Bonchev–Trinajstić information content (AvgIpc) is 2.56. The summed E-state index contributed by atoms with van der Waals surface area (Å²) in [6.45, 7) is 10.2. The molecule has 1 fully saturated rings. The Morgan fingerprint density at radius 3 is 2.21 bits per heavy atom. The zero-order chi connectivity index (χ0) is 21.2. The van der Waals surface area contributed by atoms with Gasteiger partial charge in [-0.15, -0.1) is 24.0 Å². The van der Waals surface area contributed by atoms with Crippen molar-refractivity contribution >= 4 is 41.9 Å². The number of hydrogen-bond acceptors (Lipinski definition) is 4. The fourth-order valence-corrected chi connectivity index (χ4v) is 2.99. The number of nitrogens with one attached hydrogen (secondary N) is 4. The van der Waals surface area contributed by atoms with Crippen LogP contribution in [0.15, 0.2) is 4.99 Å². The standard InChI is InChI=1S/C20H39N5O3.HI/c1-19(2,3)28-18(27)25-20(4,5)14-23-17(21-6)22-13-12-16(26)24-15-10-8-7-9-11-15;/h15H,7-14H2,1-6H3,(H,24,26)(H,25,27)(H2,21,22,23);1H. The highest BCUT2D eigenvalue weighted by Gasteiger charge is 2.24. The summed E-state index contributed by atoms with van der Waals surface area (Å²) in [5.41, 5.74) is -1.07. The van der Waals surface area contributed by atoms with Crippen molar-refractivity contribution in [2.45, 2.75) is 90.3 Å². The molecule has 0 aromatic carbocycles. The van der Waals surface area contributed by atoms with Gasteiger partial charge in [0, 0.05) is 32.6 Å². The predicted molar refractivity (Wildman–Crippen MR) is 128 cm³/mol. The van der Waals surface area contributed by atoms with E-state index in [4.69, 9.17) is 4.74 Å². The maximum Gasteiger partial charge on any atom is 0.408 e. The molecule has 9 heteroatoms. The van der Waals surface area contributed by atoms with Gasteiger partial charge in [0.2, 0.25) is 5.91 Å². The molecule has 1 aliphatic rings. The molecule has 1 rings (SSSR count). The molecule has 0 aromatic rings. The van der Waals surface area contributed by atoms with Crippen molar-refractivity contribution in [1.29, 1.82) is 0 Å². The topological polar surface area (TPSA) is 104 Å². The van der Waals surface area contributed by atoms with Gasteiger partial charge in [-0.25, -0.2) is 4.79 Å². The highest BCUT2D eigenvalue weighted by molar-refractivity contribution is 14.0. The van der Waals surface area contributed by atoms with E-state index in [0.29, 0.717) is 31.5 Å². The average molecular weight is 525 g/mol. The molecule has 1 saturated carbocycles. The zero-order valence-corrected chi connectivity index (χ0v) is 21.1. The first kappa shape index (κ1) is 27.7. The van der Waals surface area contributed by atoms with E-state index >= 15 is 0 Å². The molecule has 0 spiro atoms. The van der Waals surface area contributed by atoms with Crippen LogP contribution in [0, 0.1) is 0 Å². The second-order valence-corrected chi connectivity index (χ2v) is 9.02. The lowest BCUT2D eigenvalue weighted by Crippen LogP contribution is -2.54. The van der Waals surface area contributed by atoms with Gasteiger partial charge in [-0.05, 0) is 47.5 Å². The molecular weight excluding hydrogens is 485 g/mol. The number of aliphatic imine (C=N–C) groups is 1. The molecule has 2 amide bonds. The molecule has 29 heavy (non-hydrogen) atoms. The van der Waals surface area contributed by atoms with Crippen LogP contribution in [0.1, 0.15) is 73.1 Å².